The standard InChI is InChI=1S/C16H22ClN3O/c1-11(19(2)12-4-5-12)10-20-15-7-6-13(21-3)8-14(15)18-16(20)9-17/h6-8,11-12H,4-5,9-10H2,1-3H3. The van der Waals surface area contributed by atoms with Crippen LogP contribution in [0.2, 0.25) is 0 Å². The fourth-order valence-corrected chi connectivity index (χ4v) is 3.03. The van der Waals surface area contributed by atoms with Crippen LogP contribution in [0.5, 0.6) is 5.75 Å². The molecule has 2 aromatic rings. The zero-order valence-corrected chi connectivity index (χ0v) is 13.6. The van der Waals surface area contributed by atoms with E-state index < -0.39 is 0 Å². The second-order valence-electron chi connectivity index (χ2n) is 5.87. The lowest BCUT2D eigenvalue weighted by Gasteiger charge is -2.25. The number of fused-ring (bicyclic) bond motifs is 1. The number of methoxy groups -OCH3 is 1. The summed E-state index contributed by atoms with van der Waals surface area (Å²) in [5, 5.41) is 0. The van der Waals surface area contributed by atoms with Crippen LogP contribution in [-0.4, -0.2) is 40.7 Å². The summed E-state index contributed by atoms with van der Waals surface area (Å²) in [6, 6.07) is 7.25. The Morgan fingerprint density at radius 2 is 2.24 bits per heavy atom. The molecule has 1 atom stereocenters. The summed E-state index contributed by atoms with van der Waals surface area (Å²) in [4.78, 5) is 7.11. The Bertz CT molecular complexity index is 636. The largest absolute Gasteiger partial charge is 0.497 e. The minimum absolute atomic E-state index is 0.427. The van der Waals surface area contributed by atoms with Crippen molar-refractivity contribution in [3.8, 4) is 5.75 Å². The molecule has 1 saturated carbocycles. The number of nitrogens with zero attached hydrogens (tertiary/aromatic N) is 3. The molecule has 0 bridgehead atoms. The highest BCUT2D eigenvalue weighted by molar-refractivity contribution is 6.16. The van der Waals surface area contributed by atoms with Crippen molar-refractivity contribution in [1.82, 2.24) is 14.5 Å². The number of hydrogen-bond acceptors (Lipinski definition) is 3. The summed E-state index contributed by atoms with van der Waals surface area (Å²) < 4.78 is 7.52. The minimum atomic E-state index is 0.427. The van der Waals surface area contributed by atoms with Gasteiger partial charge in [0.15, 0.2) is 0 Å². The molecule has 0 N–H and O–H groups in total. The molecular weight excluding hydrogens is 286 g/mol. The van der Waals surface area contributed by atoms with Gasteiger partial charge >= 0.3 is 0 Å². The van der Waals surface area contributed by atoms with Gasteiger partial charge in [0.05, 0.1) is 24.0 Å². The topological polar surface area (TPSA) is 30.3 Å². The van der Waals surface area contributed by atoms with Crippen LogP contribution in [0.15, 0.2) is 18.2 Å². The highest BCUT2D eigenvalue weighted by Gasteiger charge is 2.29. The van der Waals surface area contributed by atoms with Crippen molar-refractivity contribution in [2.24, 2.45) is 0 Å². The average molecular weight is 308 g/mol. The van der Waals surface area contributed by atoms with Gasteiger partial charge < -0.3 is 9.30 Å². The molecule has 1 aliphatic rings. The van der Waals surface area contributed by atoms with E-state index >= 15 is 0 Å². The second-order valence-corrected chi connectivity index (χ2v) is 6.14. The summed E-state index contributed by atoms with van der Waals surface area (Å²) in [6.45, 7) is 3.18. The summed E-state index contributed by atoms with van der Waals surface area (Å²) in [7, 11) is 3.89. The van der Waals surface area contributed by atoms with Crippen molar-refractivity contribution < 1.29 is 4.74 Å². The fourth-order valence-electron chi connectivity index (χ4n) is 2.83. The Morgan fingerprint density at radius 3 is 2.86 bits per heavy atom. The Labute approximate surface area is 130 Å². The van der Waals surface area contributed by atoms with Crippen LogP contribution in [0.4, 0.5) is 0 Å². The van der Waals surface area contributed by atoms with E-state index in [2.05, 4.69) is 34.5 Å². The quantitative estimate of drug-likeness (QED) is 0.767. The van der Waals surface area contributed by atoms with Crippen molar-refractivity contribution in [2.45, 2.75) is 44.3 Å². The molecule has 1 heterocycles. The van der Waals surface area contributed by atoms with Crippen molar-refractivity contribution in [3.63, 3.8) is 0 Å². The molecule has 0 aliphatic heterocycles. The lowest BCUT2D eigenvalue weighted by Crippen LogP contribution is -2.34. The normalized spacial score (nSPS) is 16.6. The summed E-state index contributed by atoms with van der Waals surface area (Å²) in [5.74, 6) is 2.18. The number of halogens is 1. The van der Waals surface area contributed by atoms with Gasteiger partial charge in [-0.1, -0.05) is 0 Å². The van der Waals surface area contributed by atoms with Crippen LogP contribution in [0.3, 0.4) is 0 Å². The molecule has 1 aliphatic carbocycles. The maximum Gasteiger partial charge on any atom is 0.124 e. The highest BCUT2D eigenvalue weighted by Crippen LogP contribution is 2.28. The molecule has 0 radical (unpaired) electrons. The molecule has 1 aromatic heterocycles. The van der Waals surface area contributed by atoms with Gasteiger partial charge in [-0.25, -0.2) is 4.98 Å². The number of benzene rings is 1. The van der Waals surface area contributed by atoms with Gasteiger partial charge in [0.2, 0.25) is 0 Å². The fraction of sp³-hybridized carbons (Fsp3) is 0.562. The highest BCUT2D eigenvalue weighted by atomic mass is 35.5. The Balaban J connectivity index is 1.92. The van der Waals surface area contributed by atoms with E-state index in [1.54, 1.807) is 7.11 Å². The van der Waals surface area contributed by atoms with Crippen LogP contribution >= 0.6 is 11.6 Å². The Kier molecular flexibility index (Phi) is 4.09. The predicted molar refractivity (Wildman–Crippen MR) is 86.1 cm³/mol. The van der Waals surface area contributed by atoms with E-state index in [1.165, 1.54) is 12.8 Å². The number of hydrogen-bond donors (Lipinski definition) is 0. The first kappa shape index (κ1) is 14.7. The third-order valence-electron chi connectivity index (χ3n) is 4.42. The van der Waals surface area contributed by atoms with Gasteiger partial charge in [0.1, 0.15) is 11.6 Å². The van der Waals surface area contributed by atoms with Gasteiger partial charge in [0, 0.05) is 24.7 Å². The van der Waals surface area contributed by atoms with E-state index in [4.69, 9.17) is 16.3 Å². The molecule has 114 valence electrons. The van der Waals surface area contributed by atoms with Gasteiger partial charge in [-0.2, -0.15) is 0 Å². The van der Waals surface area contributed by atoms with Crippen LogP contribution in [0.1, 0.15) is 25.6 Å². The van der Waals surface area contributed by atoms with E-state index in [9.17, 15) is 0 Å². The molecule has 1 fully saturated rings. The van der Waals surface area contributed by atoms with Crippen LogP contribution in [-0.2, 0) is 12.4 Å². The third kappa shape index (κ3) is 2.87. The first-order chi connectivity index (χ1) is 10.1. The molecule has 1 unspecified atom stereocenters. The average Bonchev–Trinajstić information content (AvgIpc) is 3.29. The predicted octanol–water partition coefficient (Wildman–Crippen LogP) is 3.27. The SMILES string of the molecule is COc1ccc2c(c1)nc(CCl)n2CC(C)N(C)C1CC1. The van der Waals surface area contributed by atoms with E-state index in [0.717, 1.165) is 35.2 Å². The molecule has 21 heavy (non-hydrogen) atoms. The lowest BCUT2D eigenvalue weighted by molar-refractivity contribution is 0.226. The summed E-state index contributed by atoms with van der Waals surface area (Å²) >= 11 is 6.09. The van der Waals surface area contributed by atoms with Gasteiger partial charge in [-0.05, 0) is 38.9 Å². The number of imidazole rings is 1. The third-order valence-corrected chi connectivity index (χ3v) is 4.66. The number of rotatable bonds is 6. The van der Waals surface area contributed by atoms with Crippen LogP contribution in [0.25, 0.3) is 11.0 Å². The number of ether oxygens (including phenoxy) is 1. The van der Waals surface area contributed by atoms with Gasteiger partial charge in [-0.15, -0.1) is 11.6 Å². The summed E-state index contributed by atoms with van der Waals surface area (Å²) in [5.41, 5.74) is 2.08. The molecule has 0 spiro atoms. The Morgan fingerprint density at radius 1 is 1.48 bits per heavy atom. The van der Waals surface area contributed by atoms with Gasteiger partial charge in [-0.3, -0.25) is 4.90 Å². The van der Waals surface area contributed by atoms with Gasteiger partial charge in [0.25, 0.3) is 0 Å². The maximum absolute atomic E-state index is 6.09. The monoisotopic (exact) mass is 307 g/mol. The zero-order valence-electron chi connectivity index (χ0n) is 12.8. The first-order valence-corrected chi connectivity index (χ1v) is 7.98. The first-order valence-electron chi connectivity index (χ1n) is 7.45. The van der Waals surface area contributed by atoms with E-state index in [-0.39, 0.29) is 0 Å². The van der Waals surface area contributed by atoms with E-state index in [0.29, 0.717) is 11.9 Å². The van der Waals surface area contributed by atoms with Crippen LogP contribution < -0.4 is 4.74 Å². The minimum Gasteiger partial charge on any atom is -0.497 e. The second kappa shape index (κ2) is 5.85. The molecule has 0 saturated heterocycles. The molecular formula is C16H22ClN3O. The van der Waals surface area contributed by atoms with Crippen molar-refractivity contribution in [3.05, 3.63) is 24.0 Å². The van der Waals surface area contributed by atoms with E-state index in [1.807, 2.05) is 12.1 Å². The smallest absolute Gasteiger partial charge is 0.124 e. The number of alkyl halides is 1. The molecule has 3 rings (SSSR count). The lowest BCUT2D eigenvalue weighted by atomic mass is 10.2. The van der Waals surface area contributed by atoms with Crippen molar-refractivity contribution in [2.75, 3.05) is 14.2 Å². The molecule has 0 amide bonds. The molecule has 5 heteroatoms. The van der Waals surface area contributed by atoms with Crippen molar-refractivity contribution >= 4 is 22.6 Å². The van der Waals surface area contributed by atoms with Crippen LogP contribution in [0, 0.1) is 0 Å². The number of likely N-dealkylation sites (N-methyl/N-ethyl adjacent to an activating group) is 1. The number of aromatic nitrogens is 2. The van der Waals surface area contributed by atoms with Crippen molar-refractivity contribution in [1.29, 1.82) is 0 Å². The Hall–Kier alpha value is -1.26. The molecule has 4 nitrogen and oxygen atoms in total. The molecule has 1 aromatic carbocycles. The maximum atomic E-state index is 6.09. The zero-order chi connectivity index (χ0) is 15.0. The summed E-state index contributed by atoms with van der Waals surface area (Å²) in [6.07, 6.45) is 2.65.